The number of para-hydroxylation sites is 3. The summed E-state index contributed by atoms with van der Waals surface area (Å²) in [6, 6.07) is 21.8. The highest BCUT2D eigenvalue weighted by molar-refractivity contribution is 6.37. The summed E-state index contributed by atoms with van der Waals surface area (Å²) < 4.78 is 8.97. The fourth-order valence-corrected chi connectivity index (χ4v) is 10.1. The lowest BCUT2D eigenvalue weighted by Crippen LogP contribution is -2.47. The third-order valence-corrected chi connectivity index (χ3v) is 15.0. The molecule has 3 aromatic carbocycles. The topological polar surface area (TPSA) is 370 Å². The molecule has 0 spiro atoms. The van der Waals surface area contributed by atoms with Crippen molar-refractivity contribution < 1.29 is 43.7 Å². The SMILES string of the molecule is COC(=O)C1=NN=NC1.COC(=O)c1nnn([C@@H]2CC[C@@H](C)N(C(=O)c3ccccc3-n3nccn3)C2)n1.C[C@@H]1CC[C@@H](n2nnc(C(C)(C)O)n2)CN1C(=O)c1ccccc1-n1nccn1.C[C@@H]1CC[C@H](O)CN1C(=O)c1ccccc1-n1nccn1. The summed E-state index contributed by atoms with van der Waals surface area (Å²) in [5.41, 5.74) is 2.61. The molecule has 0 radical (unpaired) electrons. The molecule has 5 aromatic heterocycles. The fourth-order valence-electron chi connectivity index (χ4n) is 10.1. The zero-order valence-corrected chi connectivity index (χ0v) is 49.5. The highest BCUT2D eigenvalue weighted by Gasteiger charge is 2.36. The first-order chi connectivity index (χ1) is 42.4. The smallest absolute Gasteiger partial charge is 0.379 e. The maximum atomic E-state index is 13.4. The summed E-state index contributed by atoms with van der Waals surface area (Å²) in [5, 5.41) is 79.1. The number of tetrazole rings is 2. The van der Waals surface area contributed by atoms with E-state index in [0.717, 1.165) is 38.5 Å². The molecule has 12 rings (SSSR count). The molecule has 0 saturated carbocycles. The summed E-state index contributed by atoms with van der Waals surface area (Å²) >= 11 is 0. The Labute approximate surface area is 503 Å². The van der Waals surface area contributed by atoms with E-state index in [4.69, 9.17) is 0 Å². The van der Waals surface area contributed by atoms with Gasteiger partial charge in [-0.05, 0) is 125 Å². The van der Waals surface area contributed by atoms with E-state index < -0.39 is 23.6 Å². The molecule has 8 aromatic rings. The van der Waals surface area contributed by atoms with Crippen molar-refractivity contribution in [1.29, 1.82) is 0 Å². The van der Waals surface area contributed by atoms with Crippen molar-refractivity contribution in [1.82, 2.24) is 100 Å². The number of amides is 3. The Balaban J connectivity index is 0.000000148. The van der Waals surface area contributed by atoms with Gasteiger partial charge in [0, 0.05) is 37.8 Å². The van der Waals surface area contributed by atoms with Crippen LogP contribution in [0.1, 0.15) is 133 Å². The van der Waals surface area contributed by atoms with Gasteiger partial charge in [-0.2, -0.15) is 59.7 Å². The predicted molar refractivity (Wildman–Crippen MR) is 309 cm³/mol. The van der Waals surface area contributed by atoms with Crippen LogP contribution in [0.5, 0.6) is 0 Å². The molecule has 2 N–H and O–H groups in total. The minimum Gasteiger partial charge on any atom is -0.464 e. The molecule has 3 amide bonds. The molecule has 6 atom stereocenters. The van der Waals surface area contributed by atoms with Crippen molar-refractivity contribution in [3.8, 4) is 17.1 Å². The predicted octanol–water partition coefficient (Wildman–Crippen LogP) is 3.49. The second kappa shape index (κ2) is 28.3. The van der Waals surface area contributed by atoms with Crippen LogP contribution in [-0.4, -0.2) is 210 Å². The molecule has 3 fully saturated rings. The van der Waals surface area contributed by atoms with Gasteiger partial charge in [0.1, 0.15) is 12.1 Å². The molecule has 460 valence electrons. The number of ether oxygens (including phenoxy) is 2. The molecule has 0 unspecified atom stereocenters. The van der Waals surface area contributed by atoms with Crippen molar-refractivity contribution in [2.75, 3.05) is 40.4 Å². The molecule has 32 nitrogen and oxygen atoms in total. The van der Waals surface area contributed by atoms with E-state index in [1.165, 1.54) is 38.2 Å². The van der Waals surface area contributed by atoms with Gasteiger partial charge in [0.25, 0.3) is 23.5 Å². The zero-order valence-electron chi connectivity index (χ0n) is 49.5. The Hall–Kier alpha value is -10.2. The number of likely N-dealkylation sites (tertiary alicyclic amines) is 3. The molecule has 4 aliphatic rings. The highest BCUT2D eigenvalue weighted by atomic mass is 16.5. The molecular formula is C56H67N23O9. The Morgan fingerprint density at radius 2 is 0.920 bits per heavy atom. The van der Waals surface area contributed by atoms with E-state index in [2.05, 4.69) is 86.3 Å². The number of aliphatic hydroxyl groups is 2. The van der Waals surface area contributed by atoms with E-state index in [0.29, 0.717) is 53.4 Å². The van der Waals surface area contributed by atoms with Gasteiger partial charge in [0.05, 0.1) is 103 Å². The maximum absolute atomic E-state index is 13.4. The van der Waals surface area contributed by atoms with Crippen LogP contribution in [-0.2, 0) is 19.9 Å². The van der Waals surface area contributed by atoms with E-state index in [9.17, 15) is 34.2 Å². The number of benzene rings is 3. The molecular weight excluding hydrogens is 1140 g/mol. The zero-order chi connectivity index (χ0) is 62.5. The number of hydrogen-bond donors (Lipinski definition) is 2. The summed E-state index contributed by atoms with van der Waals surface area (Å²) in [5.74, 6) is -1.23. The van der Waals surface area contributed by atoms with Gasteiger partial charge in [0.15, 0.2) is 5.71 Å². The van der Waals surface area contributed by atoms with Crippen LogP contribution in [0, 0.1) is 0 Å². The third kappa shape index (κ3) is 14.7. The number of carbonyl (C=O) groups is 5. The molecule has 0 aliphatic carbocycles. The fraction of sp³-hybridized carbons (Fsp3) is 0.429. The van der Waals surface area contributed by atoms with Gasteiger partial charge in [-0.3, -0.25) is 14.4 Å². The number of piperidine rings is 3. The maximum Gasteiger partial charge on any atom is 0.379 e. The number of rotatable bonds is 11. The number of aliphatic hydroxyl groups excluding tert-OH is 1. The number of carbonyl (C=O) groups excluding carboxylic acids is 5. The van der Waals surface area contributed by atoms with Gasteiger partial charge < -0.3 is 34.4 Å². The monoisotopic (exact) mass is 1210 g/mol. The third-order valence-electron chi connectivity index (χ3n) is 15.0. The molecule has 88 heavy (non-hydrogen) atoms. The number of hydrogen-bond acceptors (Lipinski definition) is 24. The first kappa shape index (κ1) is 62.3. The number of aromatic nitrogens is 17. The van der Waals surface area contributed by atoms with Crippen molar-refractivity contribution in [3.05, 3.63) is 138 Å². The van der Waals surface area contributed by atoms with E-state index >= 15 is 0 Å². The minimum absolute atomic E-state index is 0.0426. The quantitative estimate of drug-likeness (QED) is 0.175. The first-order valence-corrected chi connectivity index (χ1v) is 28.3. The van der Waals surface area contributed by atoms with Crippen LogP contribution in [0.2, 0.25) is 0 Å². The standard InChI is InChI=1S/C19H24N8O2.C18H20N8O3.C15H18N4O2.C4H5N3O2/c1-13-8-9-14(26-23-18(22-24-26)19(2,3)29)12-25(13)17(28)15-6-4-5-7-16(15)27-20-10-11-21-27;1-12-7-8-13(25-22-16(21-23-25)18(28)29-2)11-24(12)17(27)14-5-3-4-6-15(14)26-19-9-10-20-26;1-11-6-7-12(20)10-18(11)15(21)13-4-2-3-5-14(13)19-16-8-9-17-19;1-9-4(8)3-2-5-7-6-3/h4-7,10-11,13-14,29H,8-9,12H2,1-3H3;3-6,9-10,12-13H,7-8,11H2,1-2H3;2-5,8-9,11-12,20H,6-7,10H2,1H3;2H2,1H3/t13-,14-;12-,13-;11-,12+;/m111./s1. The second-order valence-corrected chi connectivity index (χ2v) is 21.5. The molecule has 9 heterocycles. The lowest BCUT2D eigenvalue weighted by Gasteiger charge is -2.37. The molecule has 3 saturated heterocycles. The second-order valence-electron chi connectivity index (χ2n) is 21.5. The van der Waals surface area contributed by atoms with Gasteiger partial charge in [-0.15, -0.1) is 25.5 Å². The number of β-amino-alcohol motifs (C(OH)–C–C–N with tert-alkyl or cyclic N) is 1. The number of esters is 2. The van der Waals surface area contributed by atoms with Crippen molar-refractivity contribution >= 4 is 35.4 Å². The van der Waals surface area contributed by atoms with Gasteiger partial charge in [-0.25, -0.2) is 9.59 Å². The van der Waals surface area contributed by atoms with Crippen LogP contribution in [0.3, 0.4) is 0 Å². The van der Waals surface area contributed by atoms with E-state index in [1.807, 2.05) is 74.2 Å². The first-order valence-electron chi connectivity index (χ1n) is 28.3. The Morgan fingerprint density at radius 1 is 0.523 bits per heavy atom. The van der Waals surface area contributed by atoms with Crippen LogP contribution >= 0.6 is 0 Å². The largest absolute Gasteiger partial charge is 0.464 e. The molecule has 0 bridgehead atoms. The van der Waals surface area contributed by atoms with E-state index in [-0.39, 0.29) is 71.8 Å². The highest BCUT2D eigenvalue weighted by Crippen LogP contribution is 2.30. The summed E-state index contributed by atoms with van der Waals surface area (Å²) in [4.78, 5) is 74.3. The average molecular weight is 1210 g/mol. The minimum atomic E-state index is -1.16. The van der Waals surface area contributed by atoms with Crippen LogP contribution in [0.15, 0.2) is 125 Å². The van der Waals surface area contributed by atoms with Crippen molar-refractivity contribution in [3.63, 3.8) is 0 Å². The van der Waals surface area contributed by atoms with Crippen LogP contribution < -0.4 is 0 Å². The Morgan fingerprint density at radius 3 is 1.32 bits per heavy atom. The Kier molecular flexibility index (Phi) is 20.0. The van der Waals surface area contributed by atoms with Crippen LogP contribution in [0.25, 0.3) is 17.1 Å². The lowest BCUT2D eigenvalue weighted by atomic mass is 9.98. The van der Waals surface area contributed by atoms with E-state index in [1.54, 1.807) is 85.1 Å². The summed E-state index contributed by atoms with van der Waals surface area (Å²) in [7, 11) is 2.56. The average Bonchev–Trinajstić information content (AvgIpc) is 3.84. The number of nitrogens with zero attached hydrogens (tertiary/aromatic N) is 23. The molecule has 32 heteroatoms. The van der Waals surface area contributed by atoms with Gasteiger partial charge in [0.2, 0.25) is 5.82 Å². The molecule has 4 aliphatic heterocycles. The lowest BCUT2D eigenvalue weighted by molar-refractivity contribution is -0.132. The van der Waals surface area contributed by atoms with Crippen molar-refractivity contribution in [2.45, 2.75) is 115 Å². The van der Waals surface area contributed by atoms with Gasteiger partial charge >= 0.3 is 11.9 Å². The van der Waals surface area contributed by atoms with Gasteiger partial charge in [-0.1, -0.05) is 36.4 Å². The summed E-state index contributed by atoms with van der Waals surface area (Å²) in [6.07, 6.45) is 13.7. The number of methoxy groups -OCH3 is 2. The van der Waals surface area contributed by atoms with Crippen molar-refractivity contribution in [2.24, 2.45) is 15.4 Å². The normalized spacial score (nSPS) is 19.8. The summed E-state index contributed by atoms with van der Waals surface area (Å²) in [6.45, 7) is 10.8. The van der Waals surface area contributed by atoms with Crippen LogP contribution in [0.4, 0.5) is 0 Å². The Bertz CT molecular complexity index is 3710.